The van der Waals surface area contributed by atoms with Crippen LogP contribution in [0.3, 0.4) is 0 Å². The number of amides is 3. The summed E-state index contributed by atoms with van der Waals surface area (Å²) in [5.74, 6) is 0.868. The molecule has 7 nitrogen and oxygen atoms in total. The van der Waals surface area contributed by atoms with Crippen molar-refractivity contribution in [2.45, 2.75) is 44.6 Å². The number of aromatic nitrogens is 2. The quantitative estimate of drug-likeness (QED) is 0.884. The molecule has 7 heteroatoms. The molecule has 28 heavy (non-hydrogen) atoms. The van der Waals surface area contributed by atoms with Gasteiger partial charge in [-0.2, -0.15) is 5.10 Å². The summed E-state index contributed by atoms with van der Waals surface area (Å²) in [5.41, 5.74) is 1.59. The minimum Gasteiger partial charge on any atom is -0.324 e. The summed E-state index contributed by atoms with van der Waals surface area (Å²) in [6, 6.07) is 9.71. The Balaban J connectivity index is 1.44. The SMILES string of the molecule is CCCCn1nccc1NC(=O)N1CCC2(CC1)C(=O)N(C)c1ccccc12. The van der Waals surface area contributed by atoms with Crippen LogP contribution in [0.15, 0.2) is 36.5 Å². The lowest BCUT2D eigenvalue weighted by molar-refractivity contribution is -0.124. The lowest BCUT2D eigenvalue weighted by Crippen LogP contribution is -2.50. The zero-order valence-corrected chi connectivity index (χ0v) is 16.5. The van der Waals surface area contributed by atoms with Crippen molar-refractivity contribution in [1.82, 2.24) is 14.7 Å². The van der Waals surface area contributed by atoms with Crippen LogP contribution in [0.5, 0.6) is 0 Å². The van der Waals surface area contributed by atoms with Gasteiger partial charge in [-0.1, -0.05) is 31.5 Å². The maximum Gasteiger partial charge on any atom is 0.323 e. The lowest BCUT2D eigenvalue weighted by Gasteiger charge is -2.38. The van der Waals surface area contributed by atoms with Crippen LogP contribution < -0.4 is 10.2 Å². The van der Waals surface area contributed by atoms with E-state index in [1.165, 1.54) is 0 Å². The largest absolute Gasteiger partial charge is 0.324 e. The van der Waals surface area contributed by atoms with Crippen molar-refractivity contribution in [1.29, 1.82) is 0 Å². The first-order chi connectivity index (χ1) is 13.6. The van der Waals surface area contributed by atoms with E-state index in [0.717, 1.165) is 36.5 Å². The average molecular weight is 381 g/mol. The number of nitrogens with one attached hydrogen (secondary N) is 1. The Labute approximate surface area is 165 Å². The highest BCUT2D eigenvalue weighted by atomic mass is 16.2. The number of para-hydroxylation sites is 1. The smallest absolute Gasteiger partial charge is 0.323 e. The van der Waals surface area contributed by atoms with Gasteiger partial charge in [-0.3, -0.25) is 10.1 Å². The molecule has 3 amide bonds. The molecule has 1 saturated heterocycles. The summed E-state index contributed by atoms with van der Waals surface area (Å²) in [6.07, 6.45) is 5.10. The van der Waals surface area contributed by atoms with Crippen molar-refractivity contribution in [2.75, 3.05) is 30.4 Å². The van der Waals surface area contributed by atoms with Crippen LogP contribution in [0, 0.1) is 0 Å². The fourth-order valence-corrected chi connectivity index (χ4v) is 4.40. The van der Waals surface area contributed by atoms with Gasteiger partial charge in [0.15, 0.2) is 0 Å². The minimum atomic E-state index is -0.495. The molecule has 1 aromatic heterocycles. The Hall–Kier alpha value is -2.83. The van der Waals surface area contributed by atoms with Crippen LogP contribution in [0.2, 0.25) is 0 Å². The van der Waals surface area contributed by atoms with Crippen LogP contribution in [-0.2, 0) is 16.8 Å². The molecule has 2 aromatic rings. The number of anilines is 2. The fourth-order valence-electron chi connectivity index (χ4n) is 4.40. The molecule has 0 atom stereocenters. The van der Waals surface area contributed by atoms with Crippen molar-refractivity contribution in [3.8, 4) is 0 Å². The summed E-state index contributed by atoms with van der Waals surface area (Å²) in [4.78, 5) is 29.3. The highest BCUT2D eigenvalue weighted by molar-refractivity contribution is 6.08. The van der Waals surface area contributed by atoms with E-state index in [4.69, 9.17) is 0 Å². The molecule has 0 bridgehead atoms. The number of likely N-dealkylation sites (tertiary alicyclic amines) is 1. The van der Waals surface area contributed by atoms with Crippen molar-refractivity contribution in [3.63, 3.8) is 0 Å². The lowest BCUT2D eigenvalue weighted by atomic mass is 9.73. The number of carbonyl (C=O) groups excluding carboxylic acids is 2. The van der Waals surface area contributed by atoms with Gasteiger partial charge in [-0.15, -0.1) is 0 Å². The van der Waals surface area contributed by atoms with E-state index >= 15 is 0 Å². The molecular formula is C21H27N5O2. The zero-order chi connectivity index (χ0) is 19.7. The summed E-state index contributed by atoms with van der Waals surface area (Å²) in [5, 5.41) is 7.27. The number of rotatable bonds is 4. The molecule has 1 N–H and O–H groups in total. The second kappa shape index (κ2) is 7.30. The number of nitrogens with zero attached hydrogens (tertiary/aromatic N) is 4. The molecule has 148 valence electrons. The number of benzene rings is 1. The summed E-state index contributed by atoms with van der Waals surface area (Å²) in [6.45, 7) is 4.04. The topological polar surface area (TPSA) is 70.5 Å². The molecule has 1 fully saturated rings. The Bertz CT molecular complexity index is 882. The molecule has 0 radical (unpaired) electrons. The van der Waals surface area contributed by atoms with Crippen LogP contribution in [0.1, 0.15) is 38.2 Å². The second-order valence-corrected chi connectivity index (χ2v) is 7.67. The van der Waals surface area contributed by atoms with E-state index in [1.807, 2.05) is 36.0 Å². The Morgan fingerprint density at radius 1 is 1.21 bits per heavy atom. The number of hydrogen-bond donors (Lipinski definition) is 1. The molecule has 4 rings (SSSR count). The molecule has 0 saturated carbocycles. The number of aryl methyl sites for hydroxylation is 1. The molecule has 3 heterocycles. The van der Waals surface area contributed by atoms with Crippen molar-refractivity contribution in [2.24, 2.45) is 0 Å². The second-order valence-electron chi connectivity index (χ2n) is 7.67. The van der Waals surface area contributed by atoms with Gasteiger partial charge in [0.2, 0.25) is 5.91 Å². The van der Waals surface area contributed by atoms with Crippen LogP contribution in [0.25, 0.3) is 0 Å². The molecule has 0 aliphatic carbocycles. The number of hydrogen-bond acceptors (Lipinski definition) is 3. The molecule has 1 spiro atoms. The number of carbonyl (C=O) groups is 2. The van der Waals surface area contributed by atoms with Gasteiger partial charge < -0.3 is 9.80 Å². The molecule has 2 aliphatic rings. The van der Waals surface area contributed by atoms with E-state index in [2.05, 4.69) is 23.4 Å². The predicted octanol–water partition coefficient (Wildman–Crippen LogP) is 3.23. The van der Waals surface area contributed by atoms with Gasteiger partial charge in [-0.25, -0.2) is 9.48 Å². The van der Waals surface area contributed by atoms with Gasteiger partial charge in [0.25, 0.3) is 0 Å². The highest BCUT2D eigenvalue weighted by Crippen LogP contribution is 2.47. The number of piperidine rings is 1. The Morgan fingerprint density at radius 2 is 1.96 bits per heavy atom. The maximum absolute atomic E-state index is 13.0. The third kappa shape index (κ3) is 2.95. The van der Waals surface area contributed by atoms with Crippen molar-refractivity contribution >= 4 is 23.4 Å². The van der Waals surface area contributed by atoms with Gasteiger partial charge >= 0.3 is 6.03 Å². The fraction of sp³-hybridized carbons (Fsp3) is 0.476. The van der Waals surface area contributed by atoms with Gasteiger partial charge in [0.1, 0.15) is 5.82 Å². The van der Waals surface area contributed by atoms with E-state index in [-0.39, 0.29) is 11.9 Å². The van der Waals surface area contributed by atoms with Crippen LogP contribution in [-0.4, -0.2) is 46.8 Å². The van der Waals surface area contributed by atoms with Gasteiger partial charge in [-0.05, 0) is 30.9 Å². The Kier molecular flexibility index (Phi) is 4.83. The molecule has 2 aliphatic heterocycles. The van der Waals surface area contributed by atoms with Crippen LogP contribution >= 0.6 is 0 Å². The molecule has 1 aromatic carbocycles. The third-order valence-corrected chi connectivity index (χ3v) is 6.07. The first-order valence-corrected chi connectivity index (χ1v) is 10.0. The van der Waals surface area contributed by atoms with Crippen molar-refractivity contribution in [3.05, 3.63) is 42.1 Å². The average Bonchev–Trinajstić information content (AvgIpc) is 3.24. The molecule has 0 unspecified atom stereocenters. The summed E-state index contributed by atoms with van der Waals surface area (Å²) in [7, 11) is 1.84. The standard InChI is InChI=1S/C21H27N5O2/c1-3-4-13-26-18(9-12-22-26)23-20(28)25-14-10-21(11-15-25)16-7-5-6-8-17(16)24(2)19(21)27/h5-9,12H,3-4,10-11,13-15H2,1-2H3,(H,23,28). The summed E-state index contributed by atoms with van der Waals surface area (Å²) < 4.78 is 1.83. The maximum atomic E-state index is 13.0. The first-order valence-electron chi connectivity index (χ1n) is 10.0. The van der Waals surface area contributed by atoms with E-state index < -0.39 is 5.41 Å². The van der Waals surface area contributed by atoms with E-state index in [9.17, 15) is 9.59 Å². The van der Waals surface area contributed by atoms with Crippen LogP contribution in [0.4, 0.5) is 16.3 Å². The minimum absolute atomic E-state index is 0.125. The van der Waals surface area contributed by atoms with Crippen molar-refractivity contribution < 1.29 is 9.59 Å². The number of likely N-dealkylation sites (N-methyl/N-ethyl adjacent to an activating group) is 1. The first kappa shape index (κ1) is 18.5. The third-order valence-electron chi connectivity index (χ3n) is 6.07. The van der Waals surface area contributed by atoms with E-state index in [0.29, 0.717) is 25.9 Å². The van der Waals surface area contributed by atoms with E-state index in [1.54, 1.807) is 16.0 Å². The normalized spacial score (nSPS) is 17.9. The molecular weight excluding hydrogens is 354 g/mol. The monoisotopic (exact) mass is 381 g/mol. The van der Waals surface area contributed by atoms with Gasteiger partial charge in [0.05, 0.1) is 11.6 Å². The predicted molar refractivity (Wildman–Crippen MR) is 108 cm³/mol. The highest BCUT2D eigenvalue weighted by Gasteiger charge is 2.51. The zero-order valence-electron chi connectivity index (χ0n) is 16.5. The summed E-state index contributed by atoms with van der Waals surface area (Å²) >= 11 is 0. The Morgan fingerprint density at radius 3 is 2.71 bits per heavy atom. The number of fused-ring (bicyclic) bond motifs is 2. The van der Waals surface area contributed by atoms with Gasteiger partial charge in [0, 0.05) is 38.4 Å². The number of unbranched alkanes of at least 4 members (excludes halogenated alkanes) is 1. The number of urea groups is 1.